The second kappa shape index (κ2) is 8.92. The molecular formula is C28H27N5O4. The monoisotopic (exact) mass is 497 g/mol. The van der Waals surface area contributed by atoms with E-state index in [0.29, 0.717) is 23.1 Å². The van der Waals surface area contributed by atoms with Gasteiger partial charge in [0.2, 0.25) is 5.91 Å². The predicted molar refractivity (Wildman–Crippen MR) is 137 cm³/mol. The fraction of sp³-hybridized carbons (Fsp3) is 0.286. The largest absolute Gasteiger partial charge is 0.458 e. The van der Waals surface area contributed by atoms with Crippen LogP contribution in [0.5, 0.6) is 0 Å². The molecule has 2 N–H and O–H groups in total. The Kier molecular flexibility index (Phi) is 5.55. The third-order valence-corrected chi connectivity index (χ3v) is 7.26. The van der Waals surface area contributed by atoms with Crippen molar-refractivity contribution in [2.45, 2.75) is 44.1 Å². The molecule has 0 bridgehead atoms. The first kappa shape index (κ1) is 23.0. The zero-order chi connectivity index (χ0) is 25.6. The highest BCUT2D eigenvalue weighted by Gasteiger charge is 2.51. The van der Waals surface area contributed by atoms with Crippen LogP contribution < -0.4 is 10.6 Å². The molecule has 37 heavy (non-hydrogen) atoms. The average molecular weight is 498 g/mol. The number of nitrogens with zero attached hydrogens (tertiary/aromatic N) is 3. The summed E-state index contributed by atoms with van der Waals surface area (Å²) >= 11 is 0. The molecule has 0 radical (unpaired) electrons. The SMILES string of the molecule is CC1(c2cc3ccccc3o2)NC(=O)N(CC(=O)Nc2cc(C3CCCC3)nn2-c2ccccc2)C1=O. The number of rotatable bonds is 6. The Morgan fingerprint density at radius 2 is 1.81 bits per heavy atom. The smallest absolute Gasteiger partial charge is 0.325 e. The fourth-order valence-corrected chi connectivity index (χ4v) is 5.24. The summed E-state index contributed by atoms with van der Waals surface area (Å²) in [5.41, 5.74) is 0.959. The van der Waals surface area contributed by atoms with Crippen molar-refractivity contribution in [2.24, 2.45) is 0 Å². The van der Waals surface area contributed by atoms with Crippen LogP contribution >= 0.6 is 0 Å². The highest BCUT2D eigenvalue weighted by molar-refractivity contribution is 6.10. The van der Waals surface area contributed by atoms with Crippen LogP contribution in [0.4, 0.5) is 10.6 Å². The summed E-state index contributed by atoms with van der Waals surface area (Å²) in [7, 11) is 0. The van der Waals surface area contributed by atoms with Gasteiger partial charge in [-0.3, -0.25) is 14.5 Å². The standard InChI is InChI=1S/C28H27N5O4/c1-28(23-15-19-11-7-8-14-22(19)37-23)26(35)32(27(36)30-28)17-25(34)29-24-16-21(18-9-5-6-10-18)31-33(24)20-12-3-2-4-13-20/h2-4,7-8,11-16,18H,5-6,9-10,17H2,1H3,(H,29,34)(H,30,36). The molecule has 9 heteroatoms. The van der Waals surface area contributed by atoms with Crippen molar-refractivity contribution in [3.8, 4) is 5.69 Å². The van der Waals surface area contributed by atoms with Crippen LogP contribution in [0.25, 0.3) is 16.7 Å². The number of carbonyl (C=O) groups is 3. The first-order chi connectivity index (χ1) is 17.9. The van der Waals surface area contributed by atoms with Crippen LogP contribution in [-0.2, 0) is 15.1 Å². The summed E-state index contributed by atoms with van der Waals surface area (Å²) in [5, 5.41) is 11.2. The first-order valence-electron chi connectivity index (χ1n) is 12.5. The predicted octanol–water partition coefficient (Wildman–Crippen LogP) is 4.68. The molecule has 2 aromatic heterocycles. The Morgan fingerprint density at radius 3 is 2.57 bits per heavy atom. The molecule has 1 saturated heterocycles. The third kappa shape index (κ3) is 4.06. The molecule has 1 unspecified atom stereocenters. The van der Waals surface area contributed by atoms with E-state index in [1.54, 1.807) is 23.7 Å². The van der Waals surface area contributed by atoms with Crippen molar-refractivity contribution in [3.63, 3.8) is 0 Å². The molecule has 3 heterocycles. The van der Waals surface area contributed by atoms with Crippen LogP contribution in [0.15, 0.2) is 71.1 Å². The zero-order valence-electron chi connectivity index (χ0n) is 20.4. The van der Waals surface area contributed by atoms with Crippen molar-refractivity contribution < 1.29 is 18.8 Å². The molecule has 6 rings (SSSR count). The van der Waals surface area contributed by atoms with E-state index in [1.165, 1.54) is 12.8 Å². The van der Waals surface area contributed by atoms with E-state index in [2.05, 4.69) is 10.6 Å². The molecule has 188 valence electrons. The van der Waals surface area contributed by atoms with Crippen LogP contribution in [-0.4, -0.2) is 39.1 Å². The highest BCUT2D eigenvalue weighted by atomic mass is 16.3. The van der Waals surface area contributed by atoms with Crippen LogP contribution in [0.1, 0.15) is 50.0 Å². The number of hydrogen-bond donors (Lipinski definition) is 2. The quantitative estimate of drug-likeness (QED) is 0.376. The molecule has 2 fully saturated rings. The third-order valence-electron chi connectivity index (χ3n) is 7.26. The number of urea groups is 1. The summed E-state index contributed by atoms with van der Waals surface area (Å²) in [6, 6.07) is 19.9. The van der Waals surface area contributed by atoms with Crippen molar-refractivity contribution >= 4 is 34.6 Å². The van der Waals surface area contributed by atoms with Gasteiger partial charge in [-0.2, -0.15) is 5.10 Å². The lowest BCUT2D eigenvalue weighted by molar-refractivity contribution is -0.134. The van der Waals surface area contributed by atoms with Crippen molar-refractivity contribution in [1.29, 1.82) is 0 Å². The van der Waals surface area contributed by atoms with E-state index in [1.807, 2.05) is 54.6 Å². The molecule has 2 aromatic carbocycles. The van der Waals surface area contributed by atoms with Gasteiger partial charge in [0, 0.05) is 17.4 Å². The minimum Gasteiger partial charge on any atom is -0.458 e. The Bertz CT molecular complexity index is 1470. The Balaban J connectivity index is 1.23. The number of para-hydroxylation sites is 2. The lowest BCUT2D eigenvalue weighted by atomic mass is 9.99. The minimum atomic E-state index is -1.40. The maximum atomic E-state index is 13.4. The number of imide groups is 1. The second-order valence-corrected chi connectivity index (χ2v) is 9.83. The van der Waals surface area contributed by atoms with Gasteiger partial charge in [-0.1, -0.05) is 49.2 Å². The summed E-state index contributed by atoms with van der Waals surface area (Å²) < 4.78 is 7.57. The maximum Gasteiger partial charge on any atom is 0.325 e. The summed E-state index contributed by atoms with van der Waals surface area (Å²) in [5.74, 6) is 0.141. The molecule has 1 atom stereocenters. The van der Waals surface area contributed by atoms with Gasteiger partial charge in [0.25, 0.3) is 5.91 Å². The van der Waals surface area contributed by atoms with Crippen LogP contribution in [0.3, 0.4) is 0 Å². The minimum absolute atomic E-state index is 0.318. The van der Waals surface area contributed by atoms with Gasteiger partial charge in [0.05, 0.1) is 11.4 Å². The number of hydrogen-bond acceptors (Lipinski definition) is 5. The van der Waals surface area contributed by atoms with Crippen LogP contribution in [0.2, 0.25) is 0 Å². The summed E-state index contributed by atoms with van der Waals surface area (Å²) in [4.78, 5) is 40.2. The number of nitrogens with one attached hydrogen (secondary N) is 2. The van der Waals surface area contributed by atoms with Gasteiger partial charge >= 0.3 is 6.03 Å². The molecule has 1 saturated carbocycles. The van der Waals surface area contributed by atoms with E-state index < -0.39 is 29.9 Å². The van der Waals surface area contributed by atoms with Gasteiger partial charge in [-0.25, -0.2) is 9.48 Å². The number of anilines is 1. The van der Waals surface area contributed by atoms with Gasteiger partial charge in [0.1, 0.15) is 23.7 Å². The first-order valence-corrected chi connectivity index (χ1v) is 12.5. The number of amides is 4. The summed E-state index contributed by atoms with van der Waals surface area (Å²) in [6.45, 7) is 1.15. The molecule has 4 amide bonds. The van der Waals surface area contributed by atoms with Gasteiger partial charge in [-0.05, 0) is 44.0 Å². The van der Waals surface area contributed by atoms with Crippen molar-refractivity contribution in [1.82, 2.24) is 20.0 Å². The molecule has 1 aliphatic heterocycles. The van der Waals surface area contributed by atoms with Crippen LogP contribution in [0, 0.1) is 0 Å². The molecule has 9 nitrogen and oxygen atoms in total. The van der Waals surface area contributed by atoms with E-state index in [9.17, 15) is 14.4 Å². The molecular weight excluding hydrogens is 470 g/mol. The Labute approximate surface area is 213 Å². The number of aromatic nitrogens is 2. The van der Waals surface area contributed by atoms with Gasteiger partial charge < -0.3 is 15.1 Å². The Morgan fingerprint density at radius 1 is 1.08 bits per heavy atom. The van der Waals surface area contributed by atoms with E-state index in [4.69, 9.17) is 9.52 Å². The Hall–Kier alpha value is -4.40. The van der Waals surface area contributed by atoms with Gasteiger partial charge in [-0.15, -0.1) is 0 Å². The number of benzene rings is 2. The number of furan rings is 1. The molecule has 0 spiro atoms. The topological polar surface area (TPSA) is 109 Å². The van der Waals surface area contributed by atoms with Crippen molar-refractivity contribution in [3.05, 3.63) is 78.2 Å². The molecule has 4 aromatic rings. The van der Waals surface area contributed by atoms with Crippen molar-refractivity contribution in [2.75, 3.05) is 11.9 Å². The fourth-order valence-electron chi connectivity index (χ4n) is 5.24. The van der Waals surface area contributed by atoms with E-state index in [-0.39, 0.29) is 0 Å². The maximum absolute atomic E-state index is 13.4. The zero-order valence-corrected chi connectivity index (χ0v) is 20.4. The molecule has 2 aliphatic rings. The highest BCUT2D eigenvalue weighted by Crippen LogP contribution is 2.35. The van der Waals surface area contributed by atoms with Gasteiger partial charge in [0.15, 0.2) is 5.54 Å². The van der Waals surface area contributed by atoms with E-state index >= 15 is 0 Å². The summed E-state index contributed by atoms with van der Waals surface area (Å²) in [6.07, 6.45) is 4.48. The lowest BCUT2D eigenvalue weighted by Gasteiger charge is -2.19. The lowest BCUT2D eigenvalue weighted by Crippen LogP contribution is -2.42. The van der Waals surface area contributed by atoms with E-state index in [0.717, 1.165) is 34.5 Å². The normalized spacial score (nSPS) is 20.1. The second-order valence-electron chi connectivity index (χ2n) is 9.83. The average Bonchev–Trinajstić information content (AvgIpc) is 3.69. The molecule has 1 aliphatic carbocycles. The number of carbonyl (C=O) groups excluding carboxylic acids is 3. The number of fused-ring (bicyclic) bond motifs is 1.